The normalized spacial score (nSPS) is 23.3. The Morgan fingerprint density at radius 2 is 2.04 bits per heavy atom. The molecule has 3 atom stereocenters. The fourth-order valence-electron chi connectivity index (χ4n) is 3.53. The zero-order chi connectivity index (χ0) is 20.4. The fourth-order valence-corrected chi connectivity index (χ4v) is 3.53. The van der Waals surface area contributed by atoms with Crippen LogP contribution in [-0.4, -0.2) is 27.6 Å². The Bertz CT molecular complexity index is 549. The summed E-state index contributed by atoms with van der Waals surface area (Å²) in [7, 11) is 0. The van der Waals surface area contributed by atoms with Crippen LogP contribution in [0, 0.1) is 17.8 Å². The maximum Gasteiger partial charge on any atom is 0.303 e. The Hall–Kier alpha value is -1.65. The van der Waals surface area contributed by atoms with Crippen LogP contribution >= 0.6 is 0 Å². The quantitative estimate of drug-likeness (QED) is 0.255. The second kappa shape index (κ2) is 11.3. The van der Waals surface area contributed by atoms with Crippen molar-refractivity contribution in [3.63, 3.8) is 0 Å². The molecule has 27 heavy (non-hydrogen) atoms. The van der Waals surface area contributed by atoms with Crippen molar-refractivity contribution in [2.45, 2.75) is 84.2 Å². The van der Waals surface area contributed by atoms with Gasteiger partial charge in [0.05, 0.1) is 5.76 Å². The van der Waals surface area contributed by atoms with E-state index < -0.39 is 11.6 Å². The van der Waals surface area contributed by atoms with Gasteiger partial charge in [0.2, 0.25) is 0 Å². The summed E-state index contributed by atoms with van der Waals surface area (Å²) in [6, 6.07) is 0. The van der Waals surface area contributed by atoms with Crippen molar-refractivity contribution in [2.24, 2.45) is 17.8 Å². The first-order valence-electron chi connectivity index (χ1n) is 10.1. The molecule has 0 radical (unpaired) electrons. The number of carboxylic acid groups (broad SMARTS) is 1. The number of aliphatic hydroxyl groups is 1. The fraction of sp³-hybridized carbons (Fsp3) is 0.727. The van der Waals surface area contributed by atoms with Gasteiger partial charge in [-0.15, -0.1) is 0 Å². The Kier molecular flexibility index (Phi) is 9.75. The molecule has 0 spiro atoms. The highest BCUT2D eigenvalue weighted by molar-refractivity contribution is 5.83. The van der Waals surface area contributed by atoms with Crippen LogP contribution in [-0.2, 0) is 9.59 Å². The lowest BCUT2D eigenvalue weighted by Gasteiger charge is -2.22. The van der Waals surface area contributed by atoms with E-state index in [-0.39, 0.29) is 36.2 Å². The molecule has 0 aliphatic heterocycles. The van der Waals surface area contributed by atoms with Gasteiger partial charge in [0.15, 0.2) is 0 Å². The average molecular weight is 383 g/mol. The van der Waals surface area contributed by atoms with Crippen molar-refractivity contribution >= 4 is 11.8 Å². The summed E-state index contributed by atoms with van der Waals surface area (Å²) in [6.45, 7) is 5.63. The number of rotatable bonds is 12. The van der Waals surface area contributed by atoms with E-state index in [1.165, 1.54) is 6.92 Å². The average Bonchev–Trinajstić information content (AvgIpc) is 2.88. The SMILES string of the molecule is CC(C)CCC(C)(F)C/C(O)=C\[C@H]1CCC(=O)[C@@H]1CC=CCCCC(=O)O. The van der Waals surface area contributed by atoms with Crippen molar-refractivity contribution in [2.75, 3.05) is 0 Å². The zero-order valence-corrected chi connectivity index (χ0v) is 16.9. The molecule has 1 unspecified atom stereocenters. The molecule has 1 aliphatic carbocycles. The van der Waals surface area contributed by atoms with Gasteiger partial charge >= 0.3 is 5.97 Å². The molecule has 154 valence electrons. The molecule has 1 saturated carbocycles. The number of alkyl halides is 1. The van der Waals surface area contributed by atoms with E-state index in [0.717, 1.165) is 6.42 Å². The number of halogens is 1. The largest absolute Gasteiger partial charge is 0.513 e. The lowest BCUT2D eigenvalue weighted by atomic mass is 9.89. The van der Waals surface area contributed by atoms with E-state index >= 15 is 0 Å². The van der Waals surface area contributed by atoms with Gasteiger partial charge in [-0.05, 0) is 63.4 Å². The number of ketones is 1. The summed E-state index contributed by atoms with van der Waals surface area (Å²) in [5.74, 6) is -0.388. The molecule has 0 bridgehead atoms. The maximum absolute atomic E-state index is 14.6. The van der Waals surface area contributed by atoms with Gasteiger partial charge in [0.1, 0.15) is 11.5 Å². The molecule has 0 amide bonds. The highest BCUT2D eigenvalue weighted by Gasteiger charge is 2.33. The second-order valence-electron chi connectivity index (χ2n) is 8.45. The van der Waals surface area contributed by atoms with Gasteiger partial charge in [-0.1, -0.05) is 26.0 Å². The highest BCUT2D eigenvalue weighted by Crippen LogP contribution is 2.35. The smallest absolute Gasteiger partial charge is 0.303 e. The van der Waals surface area contributed by atoms with Crippen LogP contribution in [0.3, 0.4) is 0 Å². The predicted octanol–water partition coefficient (Wildman–Crippen LogP) is 5.78. The lowest BCUT2D eigenvalue weighted by molar-refractivity contribution is -0.137. The number of Topliss-reactive ketones (excluding diaryl/α,β-unsaturated/α-hetero) is 1. The number of carbonyl (C=O) groups is 2. The van der Waals surface area contributed by atoms with Crippen molar-refractivity contribution < 1.29 is 24.2 Å². The number of hydrogen-bond donors (Lipinski definition) is 2. The molecule has 0 saturated heterocycles. The monoisotopic (exact) mass is 382 g/mol. The van der Waals surface area contributed by atoms with Gasteiger partial charge in [-0.2, -0.15) is 0 Å². The standard InChI is InChI=1S/C22H35FO4/c1-16(2)12-13-22(3,23)15-18(24)14-17-10-11-20(25)19(17)8-6-4-5-7-9-21(26)27/h4,6,14,16-17,19,24H,5,7-13,15H2,1-3H3,(H,26,27)/b6-4?,18-14+/t17-,19-,22?/m1/s1. The van der Waals surface area contributed by atoms with Crippen molar-refractivity contribution in [1.29, 1.82) is 0 Å². The van der Waals surface area contributed by atoms with E-state index in [4.69, 9.17) is 5.11 Å². The molecule has 4 nitrogen and oxygen atoms in total. The Balaban J connectivity index is 2.55. The number of carbonyl (C=O) groups excluding carboxylic acids is 1. The number of aliphatic hydroxyl groups excluding tert-OH is 1. The first-order chi connectivity index (χ1) is 12.6. The molecule has 2 N–H and O–H groups in total. The minimum Gasteiger partial charge on any atom is -0.513 e. The summed E-state index contributed by atoms with van der Waals surface area (Å²) in [5.41, 5.74) is -1.44. The van der Waals surface area contributed by atoms with Crippen LogP contribution in [0.4, 0.5) is 4.39 Å². The van der Waals surface area contributed by atoms with Crippen LogP contribution in [0.15, 0.2) is 24.0 Å². The van der Waals surface area contributed by atoms with Crippen molar-refractivity contribution in [1.82, 2.24) is 0 Å². The zero-order valence-electron chi connectivity index (χ0n) is 16.9. The molecular formula is C22H35FO4. The molecule has 5 heteroatoms. The van der Waals surface area contributed by atoms with Gasteiger partial charge in [-0.3, -0.25) is 9.59 Å². The van der Waals surface area contributed by atoms with Gasteiger partial charge < -0.3 is 10.2 Å². The van der Waals surface area contributed by atoms with E-state index in [9.17, 15) is 19.1 Å². The molecular weight excluding hydrogens is 347 g/mol. The highest BCUT2D eigenvalue weighted by atomic mass is 19.1. The molecule has 1 fully saturated rings. The summed E-state index contributed by atoms with van der Waals surface area (Å²) in [5, 5.41) is 18.9. The summed E-state index contributed by atoms with van der Waals surface area (Å²) < 4.78 is 14.6. The number of aliphatic carboxylic acids is 1. The molecule has 1 aliphatic rings. The minimum absolute atomic E-state index is 0.0117. The van der Waals surface area contributed by atoms with Crippen LogP contribution < -0.4 is 0 Å². The maximum atomic E-state index is 14.6. The first kappa shape index (κ1) is 23.4. The molecule has 0 aromatic heterocycles. The lowest BCUT2D eigenvalue weighted by Crippen LogP contribution is -2.20. The topological polar surface area (TPSA) is 74.6 Å². The number of unbranched alkanes of at least 4 members (excludes halogenated alkanes) is 1. The van der Waals surface area contributed by atoms with Crippen LogP contribution in [0.1, 0.15) is 78.6 Å². The Labute approximate surface area is 162 Å². The molecule has 0 aromatic rings. The molecule has 1 rings (SSSR count). The number of carboxylic acids is 1. The summed E-state index contributed by atoms with van der Waals surface area (Å²) in [4.78, 5) is 22.6. The predicted molar refractivity (Wildman–Crippen MR) is 105 cm³/mol. The van der Waals surface area contributed by atoms with Gasteiger partial charge in [-0.25, -0.2) is 4.39 Å². The van der Waals surface area contributed by atoms with E-state index in [2.05, 4.69) is 13.8 Å². The van der Waals surface area contributed by atoms with Crippen LogP contribution in [0.5, 0.6) is 0 Å². The molecule has 0 aromatic carbocycles. The Morgan fingerprint density at radius 3 is 2.67 bits per heavy atom. The van der Waals surface area contributed by atoms with E-state index in [0.29, 0.717) is 44.4 Å². The second-order valence-corrected chi connectivity index (χ2v) is 8.45. The van der Waals surface area contributed by atoms with Crippen LogP contribution in [0.25, 0.3) is 0 Å². The third-order valence-corrected chi connectivity index (χ3v) is 5.17. The third kappa shape index (κ3) is 9.73. The van der Waals surface area contributed by atoms with E-state index in [1.807, 2.05) is 12.2 Å². The van der Waals surface area contributed by atoms with Gasteiger partial charge in [0, 0.05) is 25.2 Å². The third-order valence-electron chi connectivity index (χ3n) is 5.17. The van der Waals surface area contributed by atoms with E-state index in [1.54, 1.807) is 6.08 Å². The first-order valence-corrected chi connectivity index (χ1v) is 10.1. The Morgan fingerprint density at radius 1 is 1.33 bits per heavy atom. The van der Waals surface area contributed by atoms with Crippen molar-refractivity contribution in [3.05, 3.63) is 24.0 Å². The van der Waals surface area contributed by atoms with Crippen LogP contribution in [0.2, 0.25) is 0 Å². The number of hydrogen-bond acceptors (Lipinski definition) is 3. The molecule has 0 heterocycles. The van der Waals surface area contributed by atoms with Gasteiger partial charge in [0.25, 0.3) is 0 Å². The summed E-state index contributed by atoms with van der Waals surface area (Å²) in [6.07, 6.45) is 9.87. The van der Waals surface area contributed by atoms with Crippen molar-refractivity contribution in [3.8, 4) is 0 Å². The summed E-state index contributed by atoms with van der Waals surface area (Å²) >= 11 is 0. The number of allylic oxidation sites excluding steroid dienone is 4. The minimum atomic E-state index is -1.44.